The Kier molecular flexibility index (Phi) is 7.01. The Morgan fingerprint density at radius 3 is 1.69 bits per heavy atom. The second-order valence-corrected chi connectivity index (χ2v) is 8.78. The summed E-state index contributed by atoms with van der Waals surface area (Å²) in [6.07, 6.45) is 0.743. The standard InChI is InChI=1S/C29H34O6/c1-16-9-19(30-3)13-26(34-7)28(16)22-10-18-11-24(32-5)25(33-6)15-21(18)17(2)29-23(22)12-20(31-4)14-27(29)35-8/h9,11-15,17,22H,10H2,1-8H3. The van der Waals surface area contributed by atoms with Gasteiger partial charge < -0.3 is 28.4 Å². The molecule has 0 spiro atoms. The molecule has 0 bridgehead atoms. The molecule has 2 atom stereocenters. The van der Waals surface area contributed by atoms with Gasteiger partial charge in [-0.2, -0.15) is 0 Å². The van der Waals surface area contributed by atoms with Crippen LogP contribution >= 0.6 is 0 Å². The lowest BCUT2D eigenvalue weighted by Gasteiger charge is -2.26. The molecule has 1 aliphatic rings. The van der Waals surface area contributed by atoms with Crippen LogP contribution in [0, 0.1) is 6.92 Å². The summed E-state index contributed by atoms with van der Waals surface area (Å²) in [6.45, 7) is 4.31. The van der Waals surface area contributed by atoms with Crippen molar-refractivity contribution >= 4 is 0 Å². The van der Waals surface area contributed by atoms with E-state index in [0.29, 0.717) is 11.5 Å². The molecule has 0 saturated carbocycles. The van der Waals surface area contributed by atoms with Gasteiger partial charge in [0.25, 0.3) is 0 Å². The van der Waals surface area contributed by atoms with E-state index in [9.17, 15) is 0 Å². The highest BCUT2D eigenvalue weighted by Crippen LogP contribution is 2.51. The Hall–Kier alpha value is -3.54. The van der Waals surface area contributed by atoms with Gasteiger partial charge in [0.1, 0.15) is 23.0 Å². The summed E-state index contributed by atoms with van der Waals surface area (Å²) >= 11 is 0. The van der Waals surface area contributed by atoms with Gasteiger partial charge in [-0.05, 0) is 59.9 Å². The third-order valence-electron chi connectivity index (χ3n) is 7.07. The lowest BCUT2D eigenvalue weighted by molar-refractivity contribution is 0.354. The van der Waals surface area contributed by atoms with Crippen molar-refractivity contribution in [1.29, 1.82) is 0 Å². The van der Waals surface area contributed by atoms with Crippen molar-refractivity contribution in [2.75, 3.05) is 42.7 Å². The molecule has 1 aliphatic carbocycles. The fourth-order valence-electron chi connectivity index (χ4n) is 5.39. The van der Waals surface area contributed by atoms with E-state index in [-0.39, 0.29) is 11.8 Å². The molecular weight excluding hydrogens is 444 g/mol. The van der Waals surface area contributed by atoms with Gasteiger partial charge in [-0.15, -0.1) is 0 Å². The van der Waals surface area contributed by atoms with E-state index in [1.54, 1.807) is 42.7 Å². The smallest absolute Gasteiger partial charge is 0.161 e. The van der Waals surface area contributed by atoms with Gasteiger partial charge >= 0.3 is 0 Å². The molecule has 4 rings (SSSR count). The summed E-state index contributed by atoms with van der Waals surface area (Å²) in [5, 5.41) is 0. The molecule has 35 heavy (non-hydrogen) atoms. The molecule has 0 aromatic heterocycles. The molecule has 3 aromatic carbocycles. The molecule has 6 heteroatoms. The van der Waals surface area contributed by atoms with Crippen molar-refractivity contribution in [3.05, 3.63) is 69.8 Å². The van der Waals surface area contributed by atoms with Crippen LogP contribution < -0.4 is 28.4 Å². The van der Waals surface area contributed by atoms with Gasteiger partial charge in [0.05, 0.1) is 42.7 Å². The van der Waals surface area contributed by atoms with E-state index in [1.165, 1.54) is 11.1 Å². The van der Waals surface area contributed by atoms with Crippen LogP contribution in [0.3, 0.4) is 0 Å². The lowest BCUT2D eigenvalue weighted by Crippen LogP contribution is -2.11. The largest absolute Gasteiger partial charge is 0.497 e. The van der Waals surface area contributed by atoms with E-state index in [4.69, 9.17) is 28.4 Å². The quantitative estimate of drug-likeness (QED) is 0.422. The number of hydrogen-bond acceptors (Lipinski definition) is 6. The molecular formula is C29H34O6. The average molecular weight is 479 g/mol. The molecule has 186 valence electrons. The SMILES string of the molecule is COc1cc(C)c(C2Cc3cc(OC)c(OC)cc3C(C)c3c(OC)cc(OC)cc32)c(OC)c1. The van der Waals surface area contributed by atoms with Gasteiger partial charge in [0.2, 0.25) is 0 Å². The van der Waals surface area contributed by atoms with Crippen molar-refractivity contribution in [2.24, 2.45) is 0 Å². The van der Waals surface area contributed by atoms with Crippen LogP contribution in [0.4, 0.5) is 0 Å². The first-order valence-electron chi connectivity index (χ1n) is 11.6. The van der Waals surface area contributed by atoms with Crippen LogP contribution in [0.15, 0.2) is 36.4 Å². The molecule has 0 heterocycles. The Morgan fingerprint density at radius 2 is 1.11 bits per heavy atom. The molecule has 6 nitrogen and oxygen atoms in total. The summed E-state index contributed by atoms with van der Waals surface area (Å²) in [4.78, 5) is 0. The minimum absolute atomic E-state index is 0.0170. The zero-order valence-electron chi connectivity index (χ0n) is 21.8. The highest BCUT2D eigenvalue weighted by Gasteiger charge is 2.34. The van der Waals surface area contributed by atoms with Crippen molar-refractivity contribution < 1.29 is 28.4 Å². The number of benzene rings is 3. The Balaban J connectivity index is 2.08. The zero-order chi connectivity index (χ0) is 25.3. The zero-order valence-corrected chi connectivity index (χ0v) is 21.8. The van der Waals surface area contributed by atoms with Crippen molar-refractivity contribution in [1.82, 2.24) is 0 Å². The normalized spacial score (nSPS) is 16.5. The van der Waals surface area contributed by atoms with E-state index in [1.807, 2.05) is 12.1 Å². The number of methoxy groups -OCH3 is 6. The van der Waals surface area contributed by atoms with Gasteiger partial charge in [0, 0.05) is 35.1 Å². The number of ether oxygens (including phenoxy) is 6. The molecule has 0 amide bonds. The average Bonchev–Trinajstić information content (AvgIpc) is 3.00. The number of rotatable bonds is 7. The second-order valence-electron chi connectivity index (χ2n) is 8.78. The third kappa shape index (κ3) is 4.22. The summed E-state index contributed by atoms with van der Waals surface area (Å²) in [6, 6.07) is 12.3. The van der Waals surface area contributed by atoms with Gasteiger partial charge in [0.15, 0.2) is 11.5 Å². The monoisotopic (exact) mass is 478 g/mol. The Labute approximate surface area is 207 Å². The van der Waals surface area contributed by atoms with Crippen LogP contribution in [0.5, 0.6) is 34.5 Å². The maximum atomic E-state index is 5.92. The predicted molar refractivity (Wildman–Crippen MR) is 136 cm³/mol. The first kappa shape index (κ1) is 24.6. The Morgan fingerprint density at radius 1 is 0.571 bits per heavy atom. The summed E-state index contributed by atoms with van der Waals surface area (Å²) in [7, 11) is 10.1. The van der Waals surface area contributed by atoms with E-state index in [0.717, 1.165) is 51.7 Å². The fraction of sp³-hybridized carbons (Fsp3) is 0.379. The molecule has 0 aliphatic heterocycles. The number of hydrogen-bond donors (Lipinski definition) is 0. The molecule has 0 N–H and O–H groups in total. The molecule has 0 radical (unpaired) electrons. The summed E-state index contributed by atoms with van der Waals surface area (Å²) < 4.78 is 34.3. The van der Waals surface area contributed by atoms with Crippen LogP contribution in [-0.2, 0) is 6.42 Å². The fourth-order valence-corrected chi connectivity index (χ4v) is 5.39. The summed E-state index contributed by atoms with van der Waals surface area (Å²) in [5.74, 6) is 4.56. The molecule has 0 fully saturated rings. The van der Waals surface area contributed by atoms with E-state index >= 15 is 0 Å². The number of aryl methyl sites for hydroxylation is 1. The molecule has 0 saturated heterocycles. The second kappa shape index (κ2) is 9.98. The van der Waals surface area contributed by atoms with Crippen molar-refractivity contribution in [2.45, 2.75) is 32.1 Å². The number of fused-ring (bicyclic) bond motifs is 2. The highest BCUT2D eigenvalue weighted by molar-refractivity contribution is 5.62. The molecule has 3 aromatic rings. The van der Waals surface area contributed by atoms with Crippen LogP contribution in [-0.4, -0.2) is 42.7 Å². The third-order valence-corrected chi connectivity index (χ3v) is 7.07. The van der Waals surface area contributed by atoms with Crippen LogP contribution in [0.25, 0.3) is 0 Å². The van der Waals surface area contributed by atoms with Crippen molar-refractivity contribution in [3.63, 3.8) is 0 Å². The minimum atomic E-state index is -0.0170. The molecule has 2 unspecified atom stereocenters. The minimum Gasteiger partial charge on any atom is -0.497 e. The van der Waals surface area contributed by atoms with E-state index in [2.05, 4.69) is 38.1 Å². The predicted octanol–water partition coefficient (Wildman–Crippen LogP) is 5.89. The maximum absolute atomic E-state index is 5.92. The summed E-state index contributed by atoms with van der Waals surface area (Å²) in [5.41, 5.74) is 6.85. The van der Waals surface area contributed by atoms with Gasteiger partial charge in [-0.1, -0.05) is 6.92 Å². The van der Waals surface area contributed by atoms with Gasteiger partial charge in [-0.25, -0.2) is 0 Å². The van der Waals surface area contributed by atoms with Gasteiger partial charge in [-0.3, -0.25) is 0 Å². The lowest BCUT2D eigenvalue weighted by atomic mass is 9.81. The first-order chi connectivity index (χ1) is 16.9. The van der Waals surface area contributed by atoms with Crippen LogP contribution in [0.1, 0.15) is 52.1 Å². The maximum Gasteiger partial charge on any atom is 0.161 e. The first-order valence-corrected chi connectivity index (χ1v) is 11.6. The topological polar surface area (TPSA) is 55.4 Å². The highest BCUT2D eigenvalue weighted by atomic mass is 16.5. The van der Waals surface area contributed by atoms with E-state index < -0.39 is 0 Å². The van der Waals surface area contributed by atoms with Crippen LogP contribution in [0.2, 0.25) is 0 Å². The van der Waals surface area contributed by atoms with Crippen molar-refractivity contribution in [3.8, 4) is 34.5 Å². The Bertz CT molecular complexity index is 1230.